The summed E-state index contributed by atoms with van der Waals surface area (Å²) in [5.74, 6) is 0.363. The number of amides is 1. The fraction of sp³-hybridized carbons (Fsp3) is 0.211. The van der Waals surface area contributed by atoms with Crippen molar-refractivity contribution in [1.82, 2.24) is 5.43 Å². The summed E-state index contributed by atoms with van der Waals surface area (Å²) in [5.41, 5.74) is 3.59. The molecule has 0 atom stereocenters. The van der Waals surface area contributed by atoms with E-state index in [1.165, 1.54) is 6.21 Å². The van der Waals surface area contributed by atoms with Gasteiger partial charge in [0.15, 0.2) is 6.61 Å². The lowest BCUT2D eigenvalue weighted by atomic mass is 10.2. The van der Waals surface area contributed by atoms with Crippen LogP contribution in [0, 0.1) is 0 Å². The molecule has 26 heavy (non-hydrogen) atoms. The first-order valence-corrected chi connectivity index (χ1v) is 7.98. The molecule has 0 aromatic heterocycles. The van der Waals surface area contributed by atoms with Crippen molar-refractivity contribution in [2.75, 3.05) is 20.3 Å². The third-order valence-electron chi connectivity index (χ3n) is 3.23. The molecule has 7 heteroatoms. The van der Waals surface area contributed by atoms with E-state index in [-0.39, 0.29) is 6.61 Å². The van der Waals surface area contributed by atoms with E-state index in [0.717, 1.165) is 5.56 Å². The van der Waals surface area contributed by atoms with Crippen LogP contribution < -0.4 is 14.9 Å². The number of nitrogens with zero attached hydrogens (tertiary/aromatic N) is 1. The quantitative estimate of drug-likeness (QED) is 0.446. The minimum absolute atomic E-state index is 0.200. The molecular weight excluding hydrogens is 336 g/mol. The number of rotatable bonds is 8. The highest BCUT2D eigenvalue weighted by molar-refractivity contribution is 5.89. The number of carbonyl (C=O) groups excluding carboxylic acids is 2. The maximum Gasteiger partial charge on any atom is 0.338 e. The summed E-state index contributed by atoms with van der Waals surface area (Å²) in [5, 5.41) is 3.87. The molecule has 0 unspecified atom stereocenters. The zero-order valence-corrected chi connectivity index (χ0v) is 14.6. The monoisotopic (exact) mass is 356 g/mol. The Labute approximate surface area is 151 Å². The molecule has 0 aliphatic carbocycles. The highest BCUT2D eigenvalue weighted by Gasteiger charge is 2.07. The number of methoxy groups -OCH3 is 1. The molecule has 2 aromatic carbocycles. The fourth-order valence-electron chi connectivity index (χ4n) is 1.98. The molecular formula is C19H20N2O5. The number of benzene rings is 2. The van der Waals surface area contributed by atoms with Gasteiger partial charge < -0.3 is 14.2 Å². The molecule has 1 N–H and O–H groups in total. The molecule has 0 aliphatic heterocycles. The number of hydrogen-bond acceptors (Lipinski definition) is 6. The first-order chi connectivity index (χ1) is 12.6. The summed E-state index contributed by atoms with van der Waals surface area (Å²) in [4.78, 5) is 23.3. The average molecular weight is 356 g/mol. The number of hydrogen-bond donors (Lipinski definition) is 1. The van der Waals surface area contributed by atoms with Gasteiger partial charge in [-0.3, -0.25) is 4.79 Å². The predicted octanol–water partition coefficient (Wildman–Crippen LogP) is 2.40. The van der Waals surface area contributed by atoms with Gasteiger partial charge >= 0.3 is 5.97 Å². The van der Waals surface area contributed by atoms with E-state index in [4.69, 9.17) is 14.2 Å². The number of hydrazone groups is 1. The maximum absolute atomic E-state index is 11.7. The summed E-state index contributed by atoms with van der Waals surface area (Å²) in [6.07, 6.45) is 1.51. The van der Waals surface area contributed by atoms with Crippen molar-refractivity contribution in [3.63, 3.8) is 0 Å². The Bertz CT molecular complexity index is 772. The Kier molecular flexibility index (Phi) is 7.17. The minimum Gasteiger partial charge on any atom is -0.497 e. The van der Waals surface area contributed by atoms with Gasteiger partial charge in [-0.2, -0.15) is 5.10 Å². The average Bonchev–Trinajstić information content (AvgIpc) is 2.67. The van der Waals surface area contributed by atoms with Crippen molar-refractivity contribution in [3.05, 3.63) is 59.7 Å². The van der Waals surface area contributed by atoms with E-state index in [0.29, 0.717) is 23.7 Å². The van der Waals surface area contributed by atoms with Crippen molar-refractivity contribution < 1.29 is 23.8 Å². The van der Waals surface area contributed by atoms with Gasteiger partial charge in [-0.05, 0) is 48.9 Å². The second-order valence-electron chi connectivity index (χ2n) is 5.10. The number of carbonyl (C=O) groups is 2. The molecule has 0 spiro atoms. The smallest absolute Gasteiger partial charge is 0.338 e. The minimum atomic E-state index is -0.404. The van der Waals surface area contributed by atoms with Crippen molar-refractivity contribution in [2.45, 2.75) is 6.92 Å². The largest absolute Gasteiger partial charge is 0.497 e. The van der Waals surface area contributed by atoms with Crippen molar-refractivity contribution in [2.24, 2.45) is 5.10 Å². The second kappa shape index (κ2) is 9.83. The Morgan fingerprint density at radius 1 is 1.12 bits per heavy atom. The summed E-state index contributed by atoms with van der Waals surface area (Å²) in [7, 11) is 1.58. The topological polar surface area (TPSA) is 86.2 Å². The molecule has 0 saturated carbocycles. The fourth-order valence-corrected chi connectivity index (χ4v) is 1.98. The normalized spacial score (nSPS) is 10.4. The lowest BCUT2D eigenvalue weighted by Gasteiger charge is -2.06. The first-order valence-electron chi connectivity index (χ1n) is 7.98. The molecule has 2 rings (SSSR count). The van der Waals surface area contributed by atoms with Gasteiger partial charge in [0.25, 0.3) is 5.91 Å². The van der Waals surface area contributed by atoms with Crippen LogP contribution in [0.25, 0.3) is 0 Å². The summed E-state index contributed by atoms with van der Waals surface area (Å²) in [6, 6.07) is 13.6. The molecule has 0 radical (unpaired) electrons. The summed E-state index contributed by atoms with van der Waals surface area (Å²) in [6.45, 7) is 1.85. The molecule has 0 aliphatic rings. The Balaban J connectivity index is 1.79. The SMILES string of the molecule is CCOC(=O)c1ccc(OCC(=O)N/N=C/c2cccc(OC)c2)cc1. The van der Waals surface area contributed by atoms with Crippen molar-refractivity contribution in [1.29, 1.82) is 0 Å². The molecule has 2 aromatic rings. The Hall–Kier alpha value is -3.35. The first kappa shape index (κ1) is 19.0. The van der Waals surface area contributed by atoms with E-state index >= 15 is 0 Å². The molecule has 0 heterocycles. The zero-order valence-electron chi connectivity index (χ0n) is 14.6. The molecule has 0 saturated heterocycles. The summed E-state index contributed by atoms with van der Waals surface area (Å²) >= 11 is 0. The van der Waals surface area contributed by atoms with Crippen molar-refractivity contribution >= 4 is 18.1 Å². The van der Waals surface area contributed by atoms with Crippen LogP contribution in [0.1, 0.15) is 22.8 Å². The van der Waals surface area contributed by atoms with Gasteiger partial charge in [-0.1, -0.05) is 12.1 Å². The van der Waals surface area contributed by atoms with Gasteiger partial charge in [0, 0.05) is 0 Å². The third-order valence-corrected chi connectivity index (χ3v) is 3.23. The van der Waals surface area contributed by atoms with E-state index in [2.05, 4.69) is 10.5 Å². The van der Waals surface area contributed by atoms with Gasteiger partial charge in [0.05, 0.1) is 25.5 Å². The molecule has 7 nitrogen and oxygen atoms in total. The van der Waals surface area contributed by atoms with Crippen LogP contribution in [0.4, 0.5) is 0 Å². The highest BCUT2D eigenvalue weighted by atomic mass is 16.5. The molecule has 1 amide bonds. The lowest BCUT2D eigenvalue weighted by Crippen LogP contribution is -2.24. The maximum atomic E-state index is 11.7. The van der Waals surface area contributed by atoms with Crippen LogP contribution in [0.5, 0.6) is 11.5 Å². The highest BCUT2D eigenvalue weighted by Crippen LogP contribution is 2.13. The molecule has 0 bridgehead atoms. The van der Waals surface area contributed by atoms with Crippen LogP contribution in [-0.2, 0) is 9.53 Å². The molecule has 136 valence electrons. The third kappa shape index (κ3) is 5.94. The van der Waals surface area contributed by atoms with Gasteiger partial charge in [-0.25, -0.2) is 10.2 Å². The van der Waals surface area contributed by atoms with Crippen LogP contribution in [0.15, 0.2) is 53.6 Å². The standard InChI is InChI=1S/C19H20N2O5/c1-3-25-19(23)15-7-9-16(10-8-15)26-13-18(22)21-20-12-14-5-4-6-17(11-14)24-2/h4-12H,3,13H2,1-2H3,(H,21,22)/b20-12+. The van der Waals surface area contributed by atoms with Crippen LogP contribution in [-0.4, -0.2) is 38.4 Å². The van der Waals surface area contributed by atoms with Gasteiger partial charge in [0.1, 0.15) is 11.5 Å². The van der Waals surface area contributed by atoms with Crippen LogP contribution >= 0.6 is 0 Å². The lowest BCUT2D eigenvalue weighted by molar-refractivity contribution is -0.123. The van der Waals surface area contributed by atoms with Crippen molar-refractivity contribution in [3.8, 4) is 11.5 Å². The van der Waals surface area contributed by atoms with E-state index in [1.807, 2.05) is 18.2 Å². The Morgan fingerprint density at radius 2 is 1.88 bits per heavy atom. The van der Waals surface area contributed by atoms with Gasteiger partial charge in [0.2, 0.25) is 0 Å². The number of nitrogens with one attached hydrogen (secondary N) is 1. The van der Waals surface area contributed by atoms with E-state index in [1.54, 1.807) is 44.4 Å². The number of esters is 1. The second-order valence-corrected chi connectivity index (χ2v) is 5.10. The molecule has 0 fully saturated rings. The van der Waals surface area contributed by atoms with E-state index < -0.39 is 11.9 Å². The van der Waals surface area contributed by atoms with E-state index in [9.17, 15) is 9.59 Å². The predicted molar refractivity (Wildman–Crippen MR) is 96.6 cm³/mol. The van der Waals surface area contributed by atoms with Gasteiger partial charge in [-0.15, -0.1) is 0 Å². The number of ether oxygens (including phenoxy) is 3. The Morgan fingerprint density at radius 3 is 2.58 bits per heavy atom. The van der Waals surface area contributed by atoms with Crippen LogP contribution in [0.3, 0.4) is 0 Å². The summed E-state index contributed by atoms with van der Waals surface area (Å²) < 4.78 is 15.3. The zero-order chi connectivity index (χ0) is 18.8. The van der Waals surface area contributed by atoms with Crippen LogP contribution in [0.2, 0.25) is 0 Å².